The fraction of sp³-hybridized carbons (Fsp3) is 0.643. The molecule has 0 amide bonds. The average Bonchev–Trinajstić information content (AvgIpc) is 3.16. The lowest BCUT2D eigenvalue weighted by atomic mass is 9.97. The Morgan fingerprint density at radius 3 is 2.52 bits per heavy atom. The Balaban J connectivity index is 1.72. The van der Waals surface area contributed by atoms with E-state index < -0.39 is 10.0 Å². The molecule has 0 N–H and O–H groups in total. The van der Waals surface area contributed by atoms with Gasteiger partial charge in [-0.05, 0) is 26.7 Å². The van der Waals surface area contributed by atoms with Gasteiger partial charge in [-0.25, -0.2) is 8.42 Å². The van der Waals surface area contributed by atoms with E-state index in [1.165, 1.54) is 21.4 Å². The van der Waals surface area contributed by atoms with Crippen molar-refractivity contribution < 1.29 is 8.42 Å². The summed E-state index contributed by atoms with van der Waals surface area (Å²) >= 11 is 0. The molecule has 0 spiro atoms. The lowest BCUT2D eigenvalue weighted by Gasteiger charge is -2.30. The van der Waals surface area contributed by atoms with E-state index in [1.54, 1.807) is 13.4 Å². The van der Waals surface area contributed by atoms with Crippen LogP contribution in [-0.2, 0) is 17.1 Å². The van der Waals surface area contributed by atoms with Gasteiger partial charge in [-0.2, -0.15) is 9.40 Å². The Kier molecular flexibility index (Phi) is 4.24. The van der Waals surface area contributed by atoms with E-state index in [4.69, 9.17) is 0 Å². The molecule has 2 aromatic rings. The second-order valence-electron chi connectivity index (χ2n) is 6.22. The van der Waals surface area contributed by atoms with Crippen molar-refractivity contribution in [2.75, 3.05) is 13.1 Å². The lowest BCUT2D eigenvalue weighted by Crippen LogP contribution is -2.38. The summed E-state index contributed by atoms with van der Waals surface area (Å²) in [6.07, 6.45) is 6.20. The topological polar surface area (TPSA) is 85.9 Å². The first-order valence-electron chi connectivity index (χ1n) is 7.78. The SMILES string of the molecule is CC(C)n1cnnc1C1CCN(S(=O)(=O)c2cnn(C)c2)CC1. The minimum Gasteiger partial charge on any atom is -0.315 e. The predicted octanol–water partition coefficient (Wildman–Crippen LogP) is 1.16. The number of piperidine rings is 1. The quantitative estimate of drug-likeness (QED) is 0.835. The third-order valence-corrected chi connectivity index (χ3v) is 6.15. The Labute approximate surface area is 136 Å². The molecule has 0 bridgehead atoms. The molecule has 126 valence electrons. The van der Waals surface area contributed by atoms with E-state index >= 15 is 0 Å². The van der Waals surface area contributed by atoms with Crippen LogP contribution in [0.5, 0.6) is 0 Å². The largest absolute Gasteiger partial charge is 0.315 e. The number of rotatable bonds is 4. The minimum atomic E-state index is -3.45. The molecule has 0 radical (unpaired) electrons. The molecule has 1 fully saturated rings. The molecule has 3 rings (SSSR count). The third-order valence-electron chi connectivity index (χ3n) is 4.30. The maximum atomic E-state index is 12.6. The highest BCUT2D eigenvalue weighted by Gasteiger charge is 2.32. The van der Waals surface area contributed by atoms with E-state index in [2.05, 4.69) is 33.7 Å². The monoisotopic (exact) mass is 338 g/mol. The summed E-state index contributed by atoms with van der Waals surface area (Å²) in [5, 5.41) is 12.2. The fourth-order valence-corrected chi connectivity index (χ4v) is 4.43. The summed E-state index contributed by atoms with van der Waals surface area (Å²) in [7, 11) is -1.74. The van der Waals surface area contributed by atoms with E-state index in [-0.39, 0.29) is 10.8 Å². The number of sulfonamides is 1. The second kappa shape index (κ2) is 6.04. The fourth-order valence-electron chi connectivity index (χ4n) is 2.98. The van der Waals surface area contributed by atoms with Crippen LogP contribution in [0.2, 0.25) is 0 Å². The van der Waals surface area contributed by atoms with Crippen LogP contribution >= 0.6 is 0 Å². The molecule has 0 aliphatic carbocycles. The van der Waals surface area contributed by atoms with Crippen LogP contribution in [0.1, 0.15) is 44.5 Å². The van der Waals surface area contributed by atoms with Crippen LogP contribution in [0, 0.1) is 0 Å². The van der Waals surface area contributed by atoms with Crippen LogP contribution < -0.4 is 0 Å². The van der Waals surface area contributed by atoms with Gasteiger partial charge in [0.05, 0.1) is 6.20 Å². The zero-order valence-corrected chi connectivity index (χ0v) is 14.4. The van der Waals surface area contributed by atoms with Crippen LogP contribution in [0.4, 0.5) is 0 Å². The van der Waals surface area contributed by atoms with Crippen LogP contribution in [0.25, 0.3) is 0 Å². The minimum absolute atomic E-state index is 0.250. The van der Waals surface area contributed by atoms with Crippen LogP contribution in [-0.4, -0.2) is 50.4 Å². The van der Waals surface area contributed by atoms with Crippen molar-refractivity contribution in [3.63, 3.8) is 0 Å². The van der Waals surface area contributed by atoms with Gasteiger partial charge in [0.15, 0.2) is 0 Å². The van der Waals surface area contributed by atoms with Gasteiger partial charge >= 0.3 is 0 Å². The smallest absolute Gasteiger partial charge is 0.246 e. The van der Waals surface area contributed by atoms with Gasteiger partial charge in [0.2, 0.25) is 10.0 Å². The number of aromatic nitrogens is 5. The van der Waals surface area contributed by atoms with E-state index in [0.29, 0.717) is 19.1 Å². The molecule has 0 saturated carbocycles. The second-order valence-corrected chi connectivity index (χ2v) is 8.16. The van der Waals surface area contributed by atoms with Crippen molar-refractivity contribution in [1.82, 2.24) is 28.9 Å². The van der Waals surface area contributed by atoms with Gasteiger partial charge in [0, 0.05) is 38.3 Å². The first kappa shape index (κ1) is 16.1. The van der Waals surface area contributed by atoms with E-state index in [1.807, 2.05) is 0 Å². The summed E-state index contributed by atoms with van der Waals surface area (Å²) in [6, 6.07) is 0.303. The molecule has 0 aromatic carbocycles. The molecule has 8 nitrogen and oxygen atoms in total. The number of nitrogens with zero attached hydrogens (tertiary/aromatic N) is 6. The summed E-state index contributed by atoms with van der Waals surface area (Å²) < 4.78 is 30.3. The molecular weight excluding hydrogens is 316 g/mol. The molecule has 2 aromatic heterocycles. The van der Waals surface area contributed by atoms with Gasteiger partial charge in [-0.1, -0.05) is 0 Å². The average molecular weight is 338 g/mol. The first-order chi connectivity index (χ1) is 10.9. The first-order valence-corrected chi connectivity index (χ1v) is 9.22. The zero-order valence-electron chi connectivity index (χ0n) is 13.6. The lowest BCUT2D eigenvalue weighted by molar-refractivity contribution is 0.307. The van der Waals surface area contributed by atoms with Crippen LogP contribution in [0.3, 0.4) is 0 Å². The van der Waals surface area contributed by atoms with Crippen molar-refractivity contribution in [2.24, 2.45) is 7.05 Å². The van der Waals surface area contributed by atoms with Gasteiger partial charge in [0.25, 0.3) is 0 Å². The van der Waals surface area contributed by atoms with Gasteiger partial charge < -0.3 is 4.57 Å². The number of aryl methyl sites for hydroxylation is 1. The molecule has 23 heavy (non-hydrogen) atoms. The Bertz CT molecular complexity index is 771. The van der Waals surface area contributed by atoms with Crippen LogP contribution in [0.15, 0.2) is 23.6 Å². The molecule has 1 saturated heterocycles. The molecular formula is C14H22N6O2S. The van der Waals surface area contributed by atoms with Crippen molar-refractivity contribution in [3.8, 4) is 0 Å². The van der Waals surface area contributed by atoms with Crippen molar-refractivity contribution >= 4 is 10.0 Å². The van der Waals surface area contributed by atoms with E-state index in [9.17, 15) is 8.42 Å². The number of hydrogen-bond acceptors (Lipinski definition) is 5. The number of hydrogen-bond donors (Lipinski definition) is 0. The van der Waals surface area contributed by atoms with Gasteiger partial charge in [0.1, 0.15) is 17.0 Å². The highest BCUT2D eigenvalue weighted by Crippen LogP contribution is 2.30. The van der Waals surface area contributed by atoms with Gasteiger partial charge in [-0.3, -0.25) is 4.68 Å². The molecule has 0 unspecified atom stereocenters. The Morgan fingerprint density at radius 1 is 1.26 bits per heavy atom. The van der Waals surface area contributed by atoms with Crippen molar-refractivity contribution in [1.29, 1.82) is 0 Å². The van der Waals surface area contributed by atoms with E-state index in [0.717, 1.165) is 18.7 Å². The molecule has 9 heteroatoms. The van der Waals surface area contributed by atoms with Gasteiger partial charge in [-0.15, -0.1) is 10.2 Å². The summed E-state index contributed by atoms with van der Waals surface area (Å²) in [4.78, 5) is 0.254. The third kappa shape index (κ3) is 3.02. The summed E-state index contributed by atoms with van der Waals surface area (Å²) in [5.74, 6) is 1.21. The highest BCUT2D eigenvalue weighted by molar-refractivity contribution is 7.89. The van der Waals surface area contributed by atoms with Crippen molar-refractivity contribution in [3.05, 3.63) is 24.5 Å². The molecule has 3 heterocycles. The Hall–Kier alpha value is -1.74. The zero-order chi connectivity index (χ0) is 16.6. The predicted molar refractivity (Wildman–Crippen MR) is 84.3 cm³/mol. The standard InChI is InChI=1S/C14H22N6O2S/c1-11(2)20-10-15-17-14(20)12-4-6-19(7-5-12)23(21,22)13-8-16-18(3)9-13/h8-12H,4-7H2,1-3H3. The van der Waals surface area contributed by atoms with Crippen molar-refractivity contribution in [2.45, 2.75) is 43.5 Å². The highest BCUT2D eigenvalue weighted by atomic mass is 32.2. The summed E-state index contributed by atoms with van der Waals surface area (Å²) in [5.41, 5.74) is 0. The summed E-state index contributed by atoms with van der Waals surface area (Å²) in [6.45, 7) is 5.17. The molecule has 0 atom stereocenters. The Morgan fingerprint density at radius 2 is 1.96 bits per heavy atom. The maximum absolute atomic E-state index is 12.6. The molecule has 1 aliphatic rings. The molecule has 1 aliphatic heterocycles. The normalized spacial score (nSPS) is 17.9. The maximum Gasteiger partial charge on any atom is 0.246 e.